The van der Waals surface area contributed by atoms with Gasteiger partial charge in [-0.15, -0.1) is 0 Å². The highest BCUT2D eigenvalue weighted by atomic mass is 35.5. The van der Waals surface area contributed by atoms with Gasteiger partial charge in [0.1, 0.15) is 11.6 Å². The molecule has 0 aliphatic heterocycles. The minimum Gasteiger partial charge on any atom is -0.496 e. The summed E-state index contributed by atoms with van der Waals surface area (Å²) < 4.78 is 29.1. The van der Waals surface area contributed by atoms with Crippen molar-refractivity contribution >= 4 is 29.2 Å². The van der Waals surface area contributed by atoms with Gasteiger partial charge in [0.05, 0.1) is 25.0 Å². The molecule has 144 valence electrons. The fourth-order valence-corrected chi connectivity index (χ4v) is 2.40. The molecule has 0 spiro atoms. The third-order valence-electron chi connectivity index (χ3n) is 3.51. The summed E-state index contributed by atoms with van der Waals surface area (Å²) in [6.07, 6.45) is 0. The van der Waals surface area contributed by atoms with Crippen LogP contribution in [-0.4, -0.2) is 32.2 Å². The number of rotatable bonds is 8. The fourth-order valence-electron chi connectivity index (χ4n) is 2.22. The molecule has 0 radical (unpaired) electrons. The molecule has 0 unspecified atom stereocenters. The second-order valence-corrected chi connectivity index (χ2v) is 5.85. The molecule has 2 rings (SSSR count). The summed E-state index contributed by atoms with van der Waals surface area (Å²) in [6.45, 7) is 2.07. The maximum absolute atomic E-state index is 13.6. The molecule has 0 atom stereocenters. The van der Waals surface area contributed by atoms with E-state index in [0.717, 1.165) is 6.07 Å². The van der Waals surface area contributed by atoms with E-state index in [1.807, 2.05) is 6.92 Å². The first kappa shape index (κ1) is 20.7. The van der Waals surface area contributed by atoms with Gasteiger partial charge < -0.3 is 19.5 Å². The quantitative estimate of drug-likeness (QED) is 0.688. The first-order chi connectivity index (χ1) is 12.9. The second kappa shape index (κ2) is 9.89. The van der Waals surface area contributed by atoms with Crippen LogP contribution in [0.2, 0.25) is 5.02 Å². The number of amides is 1. The molecule has 6 nitrogen and oxygen atoms in total. The van der Waals surface area contributed by atoms with Crippen molar-refractivity contribution in [3.8, 4) is 5.75 Å². The van der Waals surface area contributed by atoms with Gasteiger partial charge in [-0.3, -0.25) is 4.79 Å². The third-order valence-corrected chi connectivity index (χ3v) is 3.75. The topological polar surface area (TPSA) is 73.9 Å². The number of ether oxygens (including phenoxy) is 3. The molecule has 2 aromatic carbocycles. The first-order valence-corrected chi connectivity index (χ1v) is 8.49. The number of carbonyl (C=O) groups is 2. The number of halogens is 2. The van der Waals surface area contributed by atoms with Gasteiger partial charge in [0.25, 0.3) is 5.91 Å². The molecule has 1 N–H and O–H groups in total. The Morgan fingerprint density at radius 1 is 1.19 bits per heavy atom. The first-order valence-electron chi connectivity index (χ1n) is 8.11. The molecule has 0 aromatic heterocycles. The summed E-state index contributed by atoms with van der Waals surface area (Å²) >= 11 is 5.76. The van der Waals surface area contributed by atoms with Gasteiger partial charge >= 0.3 is 5.97 Å². The summed E-state index contributed by atoms with van der Waals surface area (Å²) in [7, 11) is 1.52. The number of benzene rings is 2. The molecule has 27 heavy (non-hydrogen) atoms. The van der Waals surface area contributed by atoms with Gasteiger partial charge in [0.2, 0.25) is 0 Å². The van der Waals surface area contributed by atoms with Gasteiger partial charge in [-0.05, 0) is 43.3 Å². The molecule has 0 heterocycles. The minimum atomic E-state index is -0.697. The number of anilines is 1. The average Bonchev–Trinajstić information content (AvgIpc) is 2.67. The predicted octanol–water partition coefficient (Wildman–Crippen LogP) is 3.82. The smallest absolute Gasteiger partial charge is 0.338 e. The van der Waals surface area contributed by atoms with Crippen molar-refractivity contribution in [1.82, 2.24) is 0 Å². The van der Waals surface area contributed by atoms with Gasteiger partial charge in [-0.2, -0.15) is 0 Å². The van der Waals surface area contributed by atoms with Gasteiger partial charge in [-0.1, -0.05) is 11.6 Å². The molecule has 0 fully saturated rings. The van der Waals surface area contributed by atoms with Crippen LogP contribution in [0, 0.1) is 5.82 Å². The summed E-state index contributed by atoms with van der Waals surface area (Å²) in [6, 6.07) is 8.46. The van der Waals surface area contributed by atoms with Gasteiger partial charge in [0, 0.05) is 17.2 Å². The van der Waals surface area contributed by atoms with Crippen molar-refractivity contribution in [2.24, 2.45) is 0 Å². The zero-order valence-electron chi connectivity index (χ0n) is 14.9. The number of hydrogen-bond donors (Lipinski definition) is 1. The number of hydrogen-bond acceptors (Lipinski definition) is 5. The van der Waals surface area contributed by atoms with Crippen LogP contribution in [0.4, 0.5) is 10.1 Å². The molecule has 2 aromatic rings. The Morgan fingerprint density at radius 3 is 2.67 bits per heavy atom. The highest BCUT2D eigenvalue weighted by molar-refractivity contribution is 6.30. The van der Waals surface area contributed by atoms with Crippen LogP contribution in [0.15, 0.2) is 36.4 Å². The predicted molar refractivity (Wildman–Crippen MR) is 98.6 cm³/mol. The summed E-state index contributed by atoms with van der Waals surface area (Å²) in [5.74, 6) is -1.45. The highest BCUT2D eigenvalue weighted by Gasteiger charge is 2.14. The molecule has 8 heteroatoms. The van der Waals surface area contributed by atoms with Crippen molar-refractivity contribution < 1.29 is 28.2 Å². The van der Waals surface area contributed by atoms with E-state index >= 15 is 0 Å². The Kier molecular flexibility index (Phi) is 7.57. The molecule has 1 amide bonds. The van der Waals surface area contributed by atoms with Crippen molar-refractivity contribution in [2.45, 2.75) is 13.5 Å². The largest absolute Gasteiger partial charge is 0.496 e. The Morgan fingerprint density at radius 2 is 1.96 bits per heavy atom. The van der Waals surface area contributed by atoms with Crippen LogP contribution in [0.1, 0.15) is 22.8 Å². The second-order valence-electron chi connectivity index (χ2n) is 5.41. The Labute approximate surface area is 161 Å². The molecule has 0 aliphatic rings. The third kappa shape index (κ3) is 5.94. The summed E-state index contributed by atoms with van der Waals surface area (Å²) in [5, 5.41) is 2.57. The van der Waals surface area contributed by atoms with E-state index in [1.54, 1.807) is 12.1 Å². The molecule has 0 saturated heterocycles. The van der Waals surface area contributed by atoms with E-state index in [1.165, 1.54) is 25.3 Å². The number of esters is 1. The lowest BCUT2D eigenvalue weighted by molar-refractivity contribution is -0.119. The van der Waals surface area contributed by atoms with E-state index in [2.05, 4.69) is 5.32 Å². The van der Waals surface area contributed by atoms with Crippen LogP contribution in [-0.2, 0) is 20.9 Å². The van der Waals surface area contributed by atoms with E-state index in [0.29, 0.717) is 17.9 Å². The van der Waals surface area contributed by atoms with Crippen molar-refractivity contribution in [3.63, 3.8) is 0 Å². The van der Waals surface area contributed by atoms with E-state index in [4.69, 9.17) is 25.8 Å². The van der Waals surface area contributed by atoms with Crippen molar-refractivity contribution in [2.75, 3.05) is 25.6 Å². The Balaban J connectivity index is 1.98. The van der Waals surface area contributed by atoms with Gasteiger partial charge in [-0.25, -0.2) is 9.18 Å². The Hall–Kier alpha value is -2.64. The van der Waals surface area contributed by atoms with Crippen LogP contribution >= 0.6 is 11.6 Å². The number of carbonyl (C=O) groups excluding carboxylic acids is 2. The van der Waals surface area contributed by atoms with E-state index < -0.39 is 24.3 Å². The standard InChI is InChI=1S/C19H19ClFNO5/c1-3-26-10-13-8-12(4-7-17(13)25-2)19(24)27-11-18(23)22-16-9-14(20)5-6-15(16)21/h4-9H,3,10-11H2,1-2H3,(H,22,23). The molecule has 0 bridgehead atoms. The van der Waals surface area contributed by atoms with Crippen LogP contribution in [0.25, 0.3) is 0 Å². The summed E-state index contributed by atoms with van der Waals surface area (Å²) in [4.78, 5) is 24.1. The molecule has 0 aliphatic carbocycles. The maximum atomic E-state index is 13.6. The van der Waals surface area contributed by atoms with Crippen molar-refractivity contribution in [1.29, 1.82) is 0 Å². The van der Waals surface area contributed by atoms with Crippen LogP contribution < -0.4 is 10.1 Å². The normalized spacial score (nSPS) is 10.4. The zero-order valence-corrected chi connectivity index (χ0v) is 15.6. The number of nitrogens with one attached hydrogen (secondary N) is 1. The Bertz CT molecular complexity index is 828. The average molecular weight is 396 g/mol. The highest BCUT2D eigenvalue weighted by Crippen LogP contribution is 2.22. The lowest BCUT2D eigenvalue weighted by atomic mass is 10.1. The van der Waals surface area contributed by atoms with Crippen LogP contribution in [0.3, 0.4) is 0 Å². The minimum absolute atomic E-state index is 0.0907. The SMILES string of the molecule is CCOCc1cc(C(=O)OCC(=O)Nc2cc(Cl)ccc2F)ccc1OC. The fraction of sp³-hybridized carbons (Fsp3) is 0.263. The van der Waals surface area contributed by atoms with Crippen molar-refractivity contribution in [3.05, 3.63) is 58.4 Å². The lowest BCUT2D eigenvalue weighted by Gasteiger charge is -2.11. The number of methoxy groups -OCH3 is 1. The summed E-state index contributed by atoms with van der Waals surface area (Å²) in [5.41, 5.74) is 0.832. The van der Waals surface area contributed by atoms with E-state index in [9.17, 15) is 14.0 Å². The monoisotopic (exact) mass is 395 g/mol. The lowest BCUT2D eigenvalue weighted by Crippen LogP contribution is -2.21. The maximum Gasteiger partial charge on any atom is 0.338 e. The van der Waals surface area contributed by atoms with Gasteiger partial charge in [0.15, 0.2) is 6.61 Å². The zero-order chi connectivity index (χ0) is 19.8. The molecule has 0 saturated carbocycles. The molecular formula is C19H19ClFNO5. The van der Waals surface area contributed by atoms with E-state index in [-0.39, 0.29) is 22.9 Å². The molecular weight excluding hydrogens is 377 g/mol. The van der Waals surface area contributed by atoms with Crippen LogP contribution in [0.5, 0.6) is 5.75 Å².